The summed E-state index contributed by atoms with van der Waals surface area (Å²) >= 11 is 0. The Bertz CT molecular complexity index is 251. The average Bonchev–Trinajstić information content (AvgIpc) is 2.73. The predicted octanol–water partition coefficient (Wildman–Crippen LogP) is 2.76. The van der Waals surface area contributed by atoms with Crippen LogP contribution < -0.4 is 0 Å². The van der Waals surface area contributed by atoms with Gasteiger partial charge in [-0.05, 0) is 31.6 Å². The molecule has 4 atom stereocenters. The van der Waals surface area contributed by atoms with Gasteiger partial charge in [0.1, 0.15) is 0 Å². The Balaban J connectivity index is 1.77. The van der Waals surface area contributed by atoms with Crippen molar-refractivity contribution < 1.29 is 9.47 Å². The second-order valence-electron chi connectivity index (χ2n) is 5.97. The molecule has 3 rings (SSSR count). The number of hydrogen-bond donors (Lipinski definition) is 0. The molecule has 15 heavy (non-hydrogen) atoms. The lowest BCUT2D eigenvalue weighted by Crippen LogP contribution is -2.47. The molecule has 1 spiro atoms. The maximum atomic E-state index is 6.20. The van der Waals surface area contributed by atoms with Crippen molar-refractivity contribution in [1.82, 2.24) is 0 Å². The summed E-state index contributed by atoms with van der Waals surface area (Å²) in [4.78, 5) is 0. The molecule has 0 amide bonds. The fourth-order valence-electron chi connectivity index (χ4n) is 3.85. The van der Waals surface area contributed by atoms with E-state index < -0.39 is 0 Å². The van der Waals surface area contributed by atoms with Gasteiger partial charge in [-0.1, -0.05) is 13.8 Å². The summed E-state index contributed by atoms with van der Waals surface area (Å²) in [6.07, 6.45) is 7.24. The molecule has 0 aliphatic carbocycles. The van der Waals surface area contributed by atoms with Gasteiger partial charge in [-0.15, -0.1) is 0 Å². The molecule has 2 bridgehead atoms. The summed E-state index contributed by atoms with van der Waals surface area (Å²) in [5.41, 5.74) is 0.239. The van der Waals surface area contributed by atoms with Crippen molar-refractivity contribution in [3.63, 3.8) is 0 Å². The van der Waals surface area contributed by atoms with Gasteiger partial charge in [-0.25, -0.2) is 0 Å². The first kappa shape index (κ1) is 10.1. The summed E-state index contributed by atoms with van der Waals surface area (Å²) < 4.78 is 12.2. The number of fused-ring (bicyclic) bond motifs is 1. The number of hydrogen-bond acceptors (Lipinski definition) is 2. The van der Waals surface area contributed by atoms with E-state index in [2.05, 4.69) is 13.8 Å². The van der Waals surface area contributed by atoms with E-state index in [1.165, 1.54) is 25.7 Å². The Morgan fingerprint density at radius 1 is 1.33 bits per heavy atom. The molecule has 0 aromatic heterocycles. The minimum Gasteiger partial charge on any atom is -0.378 e. The van der Waals surface area contributed by atoms with E-state index in [9.17, 15) is 0 Å². The molecular weight excluding hydrogens is 188 g/mol. The monoisotopic (exact) mass is 210 g/mol. The van der Waals surface area contributed by atoms with Crippen LogP contribution in [0.5, 0.6) is 0 Å². The fraction of sp³-hybridized carbons (Fsp3) is 1.00. The highest BCUT2D eigenvalue weighted by Gasteiger charge is 2.57. The Morgan fingerprint density at radius 3 is 2.93 bits per heavy atom. The lowest BCUT2D eigenvalue weighted by atomic mass is 9.71. The molecule has 3 aliphatic rings. The number of ether oxygens (including phenoxy) is 2. The van der Waals surface area contributed by atoms with Crippen LogP contribution in [-0.2, 0) is 9.47 Å². The topological polar surface area (TPSA) is 18.5 Å². The SMILES string of the molecule is CC(C)C[C@H]1OCC[C@@]23CC[C@@H](C[C@H]12)O3. The van der Waals surface area contributed by atoms with E-state index in [4.69, 9.17) is 9.47 Å². The van der Waals surface area contributed by atoms with Crippen LogP contribution in [0.2, 0.25) is 0 Å². The highest BCUT2D eigenvalue weighted by molar-refractivity contribution is 5.06. The molecule has 3 heterocycles. The van der Waals surface area contributed by atoms with E-state index in [0.717, 1.165) is 18.9 Å². The number of rotatable bonds is 2. The van der Waals surface area contributed by atoms with Crippen molar-refractivity contribution in [1.29, 1.82) is 0 Å². The molecule has 2 heteroatoms. The molecule has 86 valence electrons. The minimum atomic E-state index is 0.239. The van der Waals surface area contributed by atoms with Crippen molar-refractivity contribution in [2.24, 2.45) is 11.8 Å². The van der Waals surface area contributed by atoms with Gasteiger partial charge in [0.15, 0.2) is 0 Å². The van der Waals surface area contributed by atoms with E-state index in [0.29, 0.717) is 18.1 Å². The van der Waals surface area contributed by atoms with Crippen molar-refractivity contribution in [2.45, 2.75) is 63.8 Å². The van der Waals surface area contributed by atoms with Crippen LogP contribution in [-0.4, -0.2) is 24.4 Å². The van der Waals surface area contributed by atoms with Crippen molar-refractivity contribution in [2.75, 3.05) is 6.61 Å². The zero-order chi connectivity index (χ0) is 10.5. The first-order valence-corrected chi connectivity index (χ1v) is 6.49. The van der Waals surface area contributed by atoms with E-state index in [1.54, 1.807) is 0 Å². The average molecular weight is 210 g/mol. The van der Waals surface area contributed by atoms with Crippen molar-refractivity contribution in [3.05, 3.63) is 0 Å². The van der Waals surface area contributed by atoms with Crippen molar-refractivity contribution in [3.8, 4) is 0 Å². The highest BCUT2D eigenvalue weighted by atomic mass is 16.5. The quantitative estimate of drug-likeness (QED) is 0.697. The zero-order valence-electron chi connectivity index (χ0n) is 9.87. The lowest BCUT2D eigenvalue weighted by molar-refractivity contribution is -0.131. The molecule has 0 saturated carbocycles. The summed E-state index contributed by atoms with van der Waals surface area (Å²) in [5.74, 6) is 1.44. The fourth-order valence-corrected chi connectivity index (χ4v) is 3.85. The highest BCUT2D eigenvalue weighted by Crippen LogP contribution is 2.54. The third kappa shape index (κ3) is 1.53. The smallest absolute Gasteiger partial charge is 0.0762 e. The third-order valence-corrected chi connectivity index (χ3v) is 4.49. The van der Waals surface area contributed by atoms with Crippen LogP contribution in [0.15, 0.2) is 0 Å². The predicted molar refractivity (Wildman–Crippen MR) is 58.8 cm³/mol. The molecule has 0 N–H and O–H groups in total. The molecule has 0 aromatic carbocycles. The van der Waals surface area contributed by atoms with Crippen LogP contribution in [0, 0.1) is 11.8 Å². The maximum absolute atomic E-state index is 6.20. The Morgan fingerprint density at radius 2 is 2.20 bits per heavy atom. The van der Waals surface area contributed by atoms with Gasteiger partial charge in [0.2, 0.25) is 0 Å². The first-order valence-electron chi connectivity index (χ1n) is 6.49. The van der Waals surface area contributed by atoms with Gasteiger partial charge in [0.25, 0.3) is 0 Å². The second kappa shape index (κ2) is 3.46. The Labute approximate surface area is 92.3 Å². The molecular formula is C13H22O2. The standard InChI is InChI=1S/C13H22O2/c1-9(2)7-12-11-8-10-3-4-13(11,15-10)5-6-14-12/h9-12H,3-8H2,1-2H3/t10-,11+,12+,13-/m0/s1. The van der Waals surface area contributed by atoms with Gasteiger partial charge in [0, 0.05) is 18.9 Å². The molecule has 0 radical (unpaired) electrons. The Hall–Kier alpha value is -0.0800. The van der Waals surface area contributed by atoms with Crippen LogP contribution in [0.4, 0.5) is 0 Å². The van der Waals surface area contributed by atoms with E-state index >= 15 is 0 Å². The van der Waals surface area contributed by atoms with Crippen molar-refractivity contribution >= 4 is 0 Å². The minimum absolute atomic E-state index is 0.239. The first-order chi connectivity index (χ1) is 7.20. The van der Waals surface area contributed by atoms with Crippen LogP contribution in [0.25, 0.3) is 0 Å². The van der Waals surface area contributed by atoms with Gasteiger partial charge in [0.05, 0.1) is 17.8 Å². The van der Waals surface area contributed by atoms with Gasteiger partial charge in [-0.2, -0.15) is 0 Å². The normalized spacial score (nSPS) is 48.6. The zero-order valence-corrected chi connectivity index (χ0v) is 9.87. The van der Waals surface area contributed by atoms with E-state index in [-0.39, 0.29) is 5.60 Å². The maximum Gasteiger partial charge on any atom is 0.0762 e. The van der Waals surface area contributed by atoms with Gasteiger partial charge in [-0.3, -0.25) is 0 Å². The molecule has 3 saturated heterocycles. The van der Waals surface area contributed by atoms with E-state index in [1.807, 2.05) is 0 Å². The van der Waals surface area contributed by atoms with Gasteiger partial charge >= 0.3 is 0 Å². The molecule has 3 aliphatic heterocycles. The lowest BCUT2D eigenvalue weighted by Gasteiger charge is -2.42. The molecule has 0 aromatic rings. The molecule has 2 nitrogen and oxygen atoms in total. The van der Waals surface area contributed by atoms with Crippen LogP contribution >= 0.6 is 0 Å². The van der Waals surface area contributed by atoms with Gasteiger partial charge < -0.3 is 9.47 Å². The van der Waals surface area contributed by atoms with Crippen LogP contribution in [0.3, 0.4) is 0 Å². The molecule has 3 fully saturated rings. The van der Waals surface area contributed by atoms with Crippen LogP contribution in [0.1, 0.15) is 46.0 Å². The summed E-state index contributed by atoms with van der Waals surface area (Å²) in [5, 5.41) is 0. The summed E-state index contributed by atoms with van der Waals surface area (Å²) in [6, 6.07) is 0. The largest absolute Gasteiger partial charge is 0.378 e. The third-order valence-electron chi connectivity index (χ3n) is 4.49. The molecule has 0 unspecified atom stereocenters. The Kier molecular flexibility index (Phi) is 2.33. The second-order valence-corrected chi connectivity index (χ2v) is 5.97. The summed E-state index contributed by atoms with van der Waals surface area (Å²) in [7, 11) is 0. The summed E-state index contributed by atoms with van der Waals surface area (Å²) in [6.45, 7) is 5.50.